The molecule has 1 aromatic heterocycles. The normalized spacial score (nSPS) is 20.5. The van der Waals surface area contributed by atoms with Crippen molar-refractivity contribution in [2.24, 2.45) is 11.1 Å². The number of benzene rings is 1. The molecule has 134 valence electrons. The van der Waals surface area contributed by atoms with Crippen molar-refractivity contribution in [2.45, 2.75) is 36.3 Å². The van der Waals surface area contributed by atoms with Gasteiger partial charge < -0.3 is 0 Å². The van der Waals surface area contributed by atoms with Gasteiger partial charge in [-0.25, -0.2) is 13.6 Å². The average molecular weight is 370 g/mol. The predicted octanol–water partition coefficient (Wildman–Crippen LogP) is 3.48. The van der Waals surface area contributed by atoms with Crippen LogP contribution in [-0.2, 0) is 22.6 Å². The van der Waals surface area contributed by atoms with Crippen LogP contribution in [0.2, 0.25) is 0 Å². The lowest BCUT2D eigenvalue weighted by Gasteiger charge is -2.07. The number of pyridine rings is 1. The Bertz CT molecular complexity index is 847. The number of nitrogens with two attached hydrogens (primary N) is 1. The molecule has 2 atom stereocenters. The van der Waals surface area contributed by atoms with E-state index in [0.29, 0.717) is 24.0 Å². The molecule has 1 heterocycles. The monoisotopic (exact) mass is 370 g/mol. The summed E-state index contributed by atoms with van der Waals surface area (Å²) in [6.45, 7) is 0. The Morgan fingerprint density at radius 1 is 1.12 bits per heavy atom. The lowest BCUT2D eigenvalue weighted by molar-refractivity contribution is -0.137. The summed E-state index contributed by atoms with van der Waals surface area (Å²) in [5.41, 5.74) is 0.955. The third kappa shape index (κ3) is 4.38. The molecule has 1 aliphatic carbocycles. The highest BCUT2D eigenvalue weighted by atomic mass is 32.2. The summed E-state index contributed by atoms with van der Waals surface area (Å²) in [4.78, 5) is 3.97. The Balaban J connectivity index is 1.55. The van der Waals surface area contributed by atoms with Crippen molar-refractivity contribution in [3.05, 3.63) is 59.4 Å². The van der Waals surface area contributed by atoms with Crippen LogP contribution in [0.4, 0.5) is 13.2 Å². The average Bonchev–Trinajstić information content (AvgIpc) is 3.31. The van der Waals surface area contributed by atoms with Crippen molar-refractivity contribution in [1.82, 2.24) is 4.98 Å². The van der Waals surface area contributed by atoms with Crippen LogP contribution in [0.3, 0.4) is 0 Å². The second-order valence-electron chi connectivity index (χ2n) is 6.29. The molecule has 0 amide bonds. The molecule has 8 heteroatoms. The second kappa shape index (κ2) is 6.42. The fourth-order valence-electron chi connectivity index (χ4n) is 2.95. The molecule has 1 fully saturated rings. The number of rotatable bonds is 5. The Morgan fingerprint density at radius 3 is 2.32 bits per heavy atom. The Hall–Kier alpha value is -1.93. The molecule has 3 rings (SSSR count). The SMILES string of the molecule is NS(=O)(=O)c1ccc([C@@H]2C[C@H]2CCc2ccc(C(F)(F)F)cn2)cc1. The molecule has 1 aromatic carbocycles. The quantitative estimate of drug-likeness (QED) is 0.876. The van der Waals surface area contributed by atoms with Gasteiger partial charge in [-0.05, 0) is 60.9 Å². The van der Waals surface area contributed by atoms with Gasteiger partial charge in [0.05, 0.1) is 10.5 Å². The second-order valence-corrected chi connectivity index (χ2v) is 7.85. The van der Waals surface area contributed by atoms with Crippen LogP contribution in [0.15, 0.2) is 47.5 Å². The molecule has 4 nitrogen and oxygen atoms in total. The molecule has 0 aliphatic heterocycles. The van der Waals surface area contributed by atoms with Crippen LogP contribution in [0, 0.1) is 5.92 Å². The van der Waals surface area contributed by atoms with E-state index in [9.17, 15) is 21.6 Å². The van der Waals surface area contributed by atoms with Crippen LogP contribution in [0.1, 0.15) is 35.6 Å². The van der Waals surface area contributed by atoms with E-state index in [-0.39, 0.29) is 4.90 Å². The maximum absolute atomic E-state index is 12.5. The molecule has 25 heavy (non-hydrogen) atoms. The molecule has 1 saturated carbocycles. The van der Waals surface area contributed by atoms with Crippen LogP contribution in [0.25, 0.3) is 0 Å². The number of primary sulfonamides is 1. The van der Waals surface area contributed by atoms with Crippen molar-refractivity contribution in [3.63, 3.8) is 0 Å². The largest absolute Gasteiger partial charge is 0.417 e. The third-order valence-corrected chi connectivity index (χ3v) is 5.41. The van der Waals surface area contributed by atoms with Gasteiger partial charge in [0.2, 0.25) is 10.0 Å². The highest BCUT2D eigenvalue weighted by Crippen LogP contribution is 2.50. The van der Waals surface area contributed by atoms with Crippen LogP contribution < -0.4 is 5.14 Å². The summed E-state index contributed by atoms with van der Waals surface area (Å²) in [5, 5.41) is 5.07. The van der Waals surface area contributed by atoms with Crippen molar-refractivity contribution >= 4 is 10.0 Å². The maximum atomic E-state index is 12.5. The smallest absolute Gasteiger partial charge is 0.261 e. The summed E-state index contributed by atoms with van der Waals surface area (Å²) in [6.07, 6.45) is -1.06. The topological polar surface area (TPSA) is 73.1 Å². The molecule has 0 spiro atoms. The van der Waals surface area contributed by atoms with Gasteiger partial charge in [0.25, 0.3) is 0 Å². The fourth-order valence-corrected chi connectivity index (χ4v) is 3.47. The Kier molecular flexibility index (Phi) is 4.59. The summed E-state index contributed by atoms with van der Waals surface area (Å²) < 4.78 is 60.0. The number of hydrogen-bond donors (Lipinski definition) is 1. The van der Waals surface area contributed by atoms with Crippen molar-refractivity contribution in [2.75, 3.05) is 0 Å². The first-order valence-electron chi connectivity index (χ1n) is 7.79. The van der Waals surface area contributed by atoms with E-state index < -0.39 is 21.8 Å². The first kappa shape index (κ1) is 17.9. The van der Waals surface area contributed by atoms with E-state index in [1.807, 2.05) is 0 Å². The number of halogens is 3. The standard InChI is InChI=1S/C17H17F3N2O2S/c18-17(19,20)13-4-6-14(22-10-13)5-1-12-9-16(12)11-2-7-15(8-3-11)25(21,23)24/h2-4,6-8,10,12,16H,1,5,9H2,(H2,21,23,24)/t12-,16+/m1/s1. The summed E-state index contributed by atoms with van der Waals surface area (Å²) >= 11 is 0. The van der Waals surface area contributed by atoms with Gasteiger partial charge in [-0.3, -0.25) is 4.98 Å². The zero-order chi connectivity index (χ0) is 18.2. The number of sulfonamides is 1. The van der Waals surface area contributed by atoms with Gasteiger partial charge in [-0.15, -0.1) is 0 Å². The molecule has 1 aliphatic rings. The van der Waals surface area contributed by atoms with Gasteiger partial charge >= 0.3 is 6.18 Å². The lowest BCUT2D eigenvalue weighted by atomic mass is 10.1. The molecule has 0 radical (unpaired) electrons. The highest BCUT2D eigenvalue weighted by molar-refractivity contribution is 7.89. The predicted molar refractivity (Wildman–Crippen MR) is 86.2 cm³/mol. The molecule has 2 N–H and O–H groups in total. The minimum Gasteiger partial charge on any atom is -0.261 e. The van der Waals surface area contributed by atoms with Crippen molar-refractivity contribution < 1.29 is 21.6 Å². The summed E-state index contributed by atoms with van der Waals surface area (Å²) in [5.74, 6) is 0.786. The van der Waals surface area contributed by atoms with Crippen molar-refractivity contribution in [1.29, 1.82) is 0 Å². The molecular weight excluding hydrogens is 353 g/mol. The van der Waals surface area contributed by atoms with Crippen LogP contribution in [-0.4, -0.2) is 13.4 Å². The summed E-state index contributed by atoms with van der Waals surface area (Å²) in [6, 6.07) is 9.00. The van der Waals surface area contributed by atoms with E-state index in [1.54, 1.807) is 12.1 Å². The minimum atomic E-state index is -4.36. The van der Waals surface area contributed by atoms with E-state index in [4.69, 9.17) is 5.14 Å². The third-order valence-electron chi connectivity index (χ3n) is 4.48. The number of hydrogen-bond acceptors (Lipinski definition) is 3. The molecule has 2 aromatic rings. The molecule has 0 bridgehead atoms. The number of aryl methyl sites for hydroxylation is 1. The number of nitrogens with zero attached hydrogens (tertiary/aromatic N) is 1. The maximum Gasteiger partial charge on any atom is 0.417 e. The van der Waals surface area contributed by atoms with E-state index in [0.717, 1.165) is 30.7 Å². The Labute approximate surface area is 143 Å². The number of aromatic nitrogens is 1. The van der Waals surface area contributed by atoms with E-state index in [1.165, 1.54) is 18.2 Å². The molecule has 0 saturated heterocycles. The van der Waals surface area contributed by atoms with Crippen molar-refractivity contribution in [3.8, 4) is 0 Å². The van der Waals surface area contributed by atoms with Gasteiger partial charge in [-0.2, -0.15) is 13.2 Å². The van der Waals surface area contributed by atoms with Gasteiger partial charge in [0.1, 0.15) is 0 Å². The molecular formula is C17H17F3N2O2S. The van der Waals surface area contributed by atoms with Crippen LogP contribution >= 0.6 is 0 Å². The number of alkyl halides is 3. The zero-order valence-corrected chi connectivity index (χ0v) is 14.0. The first-order chi connectivity index (χ1) is 11.6. The van der Waals surface area contributed by atoms with E-state index in [2.05, 4.69) is 4.98 Å². The zero-order valence-electron chi connectivity index (χ0n) is 13.2. The lowest BCUT2D eigenvalue weighted by Crippen LogP contribution is -2.11. The highest BCUT2D eigenvalue weighted by Gasteiger charge is 2.37. The van der Waals surface area contributed by atoms with Gasteiger partial charge in [0, 0.05) is 11.9 Å². The van der Waals surface area contributed by atoms with E-state index >= 15 is 0 Å². The fraction of sp³-hybridized carbons (Fsp3) is 0.353. The Morgan fingerprint density at radius 2 is 1.80 bits per heavy atom. The van der Waals surface area contributed by atoms with Crippen LogP contribution in [0.5, 0.6) is 0 Å². The van der Waals surface area contributed by atoms with Gasteiger partial charge in [0.15, 0.2) is 0 Å². The van der Waals surface area contributed by atoms with Gasteiger partial charge in [-0.1, -0.05) is 12.1 Å². The summed E-state index contributed by atoms with van der Waals surface area (Å²) in [7, 11) is -3.69. The first-order valence-corrected chi connectivity index (χ1v) is 9.34. The molecule has 0 unspecified atom stereocenters. The minimum absolute atomic E-state index is 0.0856.